The van der Waals surface area contributed by atoms with Crippen LogP contribution >= 0.6 is 0 Å². The van der Waals surface area contributed by atoms with Gasteiger partial charge in [-0.1, -0.05) is 12.5 Å². The first-order valence-electron chi connectivity index (χ1n) is 5.43. The first-order valence-corrected chi connectivity index (χ1v) is 5.43. The Bertz CT molecular complexity index is 150. The molecule has 15 heavy (non-hydrogen) atoms. The van der Waals surface area contributed by atoms with Crippen molar-refractivity contribution in [1.82, 2.24) is 5.32 Å². The number of unbranched alkanes of at least 4 members (excludes halogenated alkanes) is 3. The van der Waals surface area contributed by atoms with E-state index in [1.54, 1.807) is 0 Å². The predicted molar refractivity (Wildman–Crippen MR) is 60.7 cm³/mol. The van der Waals surface area contributed by atoms with Crippen molar-refractivity contribution < 1.29 is 15.3 Å². The summed E-state index contributed by atoms with van der Waals surface area (Å²) in [6.45, 7) is 3.56. The van der Waals surface area contributed by atoms with Crippen LogP contribution in [0.2, 0.25) is 0 Å². The van der Waals surface area contributed by atoms with Gasteiger partial charge in [0.15, 0.2) is 0 Å². The Morgan fingerprint density at radius 2 is 1.60 bits per heavy atom. The summed E-state index contributed by atoms with van der Waals surface area (Å²) in [5.74, 6) is 0. The maximum Gasteiger partial charge on any atom is 0.0881 e. The lowest BCUT2D eigenvalue weighted by Crippen LogP contribution is -2.55. The van der Waals surface area contributed by atoms with Crippen LogP contribution in [0.5, 0.6) is 0 Å². The fraction of sp³-hybridized carbons (Fsp3) is 0.818. The Labute approximate surface area is 91.6 Å². The standard InChI is InChI=1S/C11H23NO3/c1-2-3-4-5-6-7-12-11(8-13,9-14)10-15/h2,12-15H,1,3-10H2. The van der Waals surface area contributed by atoms with Crippen LogP contribution in [0.1, 0.15) is 25.7 Å². The minimum Gasteiger partial charge on any atom is -0.394 e. The van der Waals surface area contributed by atoms with Gasteiger partial charge in [0.25, 0.3) is 0 Å². The molecule has 0 aliphatic heterocycles. The second-order valence-electron chi connectivity index (χ2n) is 3.82. The molecule has 0 unspecified atom stereocenters. The van der Waals surface area contributed by atoms with Crippen molar-refractivity contribution in [3.05, 3.63) is 12.7 Å². The summed E-state index contributed by atoms with van der Waals surface area (Å²) in [6, 6.07) is 0. The van der Waals surface area contributed by atoms with E-state index in [0.717, 1.165) is 25.7 Å². The van der Waals surface area contributed by atoms with Crippen LogP contribution in [0.4, 0.5) is 0 Å². The Morgan fingerprint density at radius 3 is 2.07 bits per heavy atom. The van der Waals surface area contributed by atoms with Crippen molar-refractivity contribution >= 4 is 0 Å². The minimum atomic E-state index is -0.932. The van der Waals surface area contributed by atoms with E-state index in [4.69, 9.17) is 15.3 Å². The molecule has 0 heterocycles. The Kier molecular flexibility index (Phi) is 8.61. The average molecular weight is 217 g/mol. The molecule has 0 aromatic heterocycles. The fourth-order valence-electron chi connectivity index (χ4n) is 1.26. The Hall–Kier alpha value is -0.420. The highest BCUT2D eigenvalue weighted by Gasteiger charge is 2.26. The number of allylic oxidation sites excluding steroid dienone is 1. The second kappa shape index (κ2) is 8.85. The number of hydrogen-bond donors (Lipinski definition) is 4. The lowest BCUT2D eigenvalue weighted by molar-refractivity contribution is 0.0425. The van der Waals surface area contributed by atoms with Crippen molar-refractivity contribution in [2.45, 2.75) is 31.2 Å². The molecule has 0 atom stereocenters. The zero-order valence-electron chi connectivity index (χ0n) is 9.28. The smallest absolute Gasteiger partial charge is 0.0881 e. The summed E-state index contributed by atoms with van der Waals surface area (Å²) >= 11 is 0. The molecule has 4 nitrogen and oxygen atoms in total. The molecule has 4 N–H and O–H groups in total. The third-order valence-corrected chi connectivity index (χ3v) is 2.49. The van der Waals surface area contributed by atoms with Crippen molar-refractivity contribution in [2.75, 3.05) is 26.4 Å². The Morgan fingerprint density at radius 1 is 1.00 bits per heavy atom. The van der Waals surface area contributed by atoms with Crippen LogP contribution in [-0.2, 0) is 0 Å². The van der Waals surface area contributed by atoms with Crippen LogP contribution < -0.4 is 5.32 Å². The van der Waals surface area contributed by atoms with Gasteiger partial charge < -0.3 is 20.6 Å². The van der Waals surface area contributed by atoms with E-state index in [-0.39, 0.29) is 19.8 Å². The van der Waals surface area contributed by atoms with Crippen LogP contribution in [-0.4, -0.2) is 47.2 Å². The van der Waals surface area contributed by atoms with Gasteiger partial charge in [-0.3, -0.25) is 0 Å². The maximum atomic E-state index is 9.02. The highest BCUT2D eigenvalue weighted by molar-refractivity contribution is 4.85. The quantitative estimate of drug-likeness (QED) is 0.308. The van der Waals surface area contributed by atoms with E-state index in [1.807, 2.05) is 6.08 Å². The second-order valence-corrected chi connectivity index (χ2v) is 3.82. The first kappa shape index (κ1) is 14.6. The molecule has 0 aliphatic carbocycles. The molecule has 0 bridgehead atoms. The molecule has 0 amide bonds. The summed E-state index contributed by atoms with van der Waals surface area (Å²) in [5.41, 5.74) is -0.932. The first-order chi connectivity index (χ1) is 7.24. The van der Waals surface area contributed by atoms with Gasteiger partial charge in [-0.05, 0) is 25.8 Å². The van der Waals surface area contributed by atoms with Gasteiger partial charge in [-0.25, -0.2) is 0 Å². The number of hydrogen-bond acceptors (Lipinski definition) is 4. The van der Waals surface area contributed by atoms with Gasteiger partial charge in [0.2, 0.25) is 0 Å². The molecule has 4 heteroatoms. The van der Waals surface area contributed by atoms with E-state index in [2.05, 4.69) is 11.9 Å². The molecule has 0 aliphatic rings. The van der Waals surface area contributed by atoms with Crippen LogP contribution in [0.15, 0.2) is 12.7 Å². The van der Waals surface area contributed by atoms with Gasteiger partial charge in [0, 0.05) is 0 Å². The summed E-state index contributed by atoms with van der Waals surface area (Å²) in [7, 11) is 0. The Balaban J connectivity index is 3.58. The average Bonchev–Trinajstić information content (AvgIpc) is 2.29. The topological polar surface area (TPSA) is 72.7 Å². The molecule has 0 spiro atoms. The molecule has 0 aromatic rings. The maximum absolute atomic E-state index is 9.02. The van der Waals surface area contributed by atoms with E-state index < -0.39 is 5.54 Å². The number of aliphatic hydroxyl groups excluding tert-OH is 3. The van der Waals surface area contributed by atoms with Crippen molar-refractivity contribution in [2.24, 2.45) is 0 Å². The molecular weight excluding hydrogens is 194 g/mol. The summed E-state index contributed by atoms with van der Waals surface area (Å²) in [6.07, 6.45) is 6.07. The molecule has 0 fully saturated rings. The van der Waals surface area contributed by atoms with Crippen molar-refractivity contribution in [1.29, 1.82) is 0 Å². The van der Waals surface area contributed by atoms with E-state index >= 15 is 0 Å². The molecule has 90 valence electrons. The lowest BCUT2D eigenvalue weighted by atomic mass is 10.0. The fourth-order valence-corrected chi connectivity index (χ4v) is 1.26. The summed E-state index contributed by atoms with van der Waals surface area (Å²) in [4.78, 5) is 0. The molecule has 0 radical (unpaired) electrons. The number of rotatable bonds is 10. The summed E-state index contributed by atoms with van der Waals surface area (Å²) < 4.78 is 0. The largest absolute Gasteiger partial charge is 0.394 e. The van der Waals surface area contributed by atoms with E-state index in [9.17, 15) is 0 Å². The van der Waals surface area contributed by atoms with Gasteiger partial charge >= 0.3 is 0 Å². The third kappa shape index (κ3) is 5.89. The highest BCUT2D eigenvalue weighted by Crippen LogP contribution is 2.04. The zero-order chi connectivity index (χ0) is 11.6. The minimum absolute atomic E-state index is 0.257. The molecule has 0 aromatic carbocycles. The third-order valence-electron chi connectivity index (χ3n) is 2.49. The predicted octanol–water partition coefficient (Wildman–Crippen LogP) is 0.0381. The lowest BCUT2D eigenvalue weighted by Gasteiger charge is -2.28. The monoisotopic (exact) mass is 217 g/mol. The van der Waals surface area contributed by atoms with Crippen LogP contribution in [0, 0.1) is 0 Å². The molecular formula is C11H23NO3. The molecule has 0 rings (SSSR count). The zero-order valence-corrected chi connectivity index (χ0v) is 9.28. The van der Waals surface area contributed by atoms with Crippen molar-refractivity contribution in [3.63, 3.8) is 0 Å². The highest BCUT2D eigenvalue weighted by atomic mass is 16.3. The van der Waals surface area contributed by atoms with Crippen LogP contribution in [0.25, 0.3) is 0 Å². The van der Waals surface area contributed by atoms with Gasteiger partial charge in [-0.15, -0.1) is 6.58 Å². The SMILES string of the molecule is C=CCCCCCNC(CO)(CO)CO. The molecule has 0 saturated carbocycles. The van der Waals surface area contributed by atoms with Gasteiger partial charge in [0.1, 0.15) is 0 Å². The summed E-state index contributed by atoms with van der Waals surface area (Å²) in [5, 5.41) is 30.0. The van der Waals surface area contributed by atoms with E-state index in [1.165, 1.54) is 0 Å². The van der Waals surface area contributed by atoms with E-state index in [0.29, 0.717) is 6.54 Å². The number of aliphatic hydroxyl groups is 3. The van der Waals surface area contributed by atoms with Crippen molar-refractivity contribution in [3.8, 4) is 0 Å². The van der Waals surface area contributed by atoms with Crippen LogP contribution in [0.3, 0.4) is 0 Å². The number of nitrogens with one attached hydrogen (secondary N) is 1. The normalized spacial score (nSPS) is 11.7. The van der Waals surface area contributed by atoms with Gasteiger partial charge in [-0.2, -0.15) is 0 Å². The molecule has 0 saturated heterocycles. The van der Waals surface area contributed by atoms with Gasteiger partial charge in [0.05, 0.1) is 25.4 Å².